The molecule has 2 atom stereocenters. The molecule has 0 radical (unpaired) electrons. The molecule has 0 amide bonds. The summed E-state index contributed by atoms with van der Waals surface area (Å²) < 4.78 is 0. The average Bonchev–Trinajstić information content (AvgIpc) is 2.85. The summed E-state index contributed by atoms with van der Waals surface area (Å²) in [4.78, 5) is 0. The lowest BCUT2D eigenvalue weighted by atomic mass is 9.96. The molecule has 1 aliphatic carbocycles. The average molecular weight is 219 g/mol. The van der Waals surface area contributed by atoms with Gasteiger partial charge in [0.25, 0.3) is 0 Å². The van der Waals surface area contributed by atoms with Gasteiger partial charge in [0.1, 0.15) is 0 Å². The molecule has 1 aromatic carbocycles. The number of hydrogen-bond acceptors (Lipinski definition) is 2. The molecule has 0 aromatic heterocycles. The predicted octanol–water partition coefficient (Wildman–Crippen LogP) is 2.28. The highest BCUT2D eigenvalue weighted by Crippen LogP contribution is 2.44. The Balaban J connectivity index is 1.93. The van der Waals surface area contributed by atoms with E-state index in [9.17, 15) is 5.11 Å². The van der Waals surface area contributed by atoms with E-state index < -0.39 is 5.60 Å². The Bertz CT molecular complexity index is 356. The Morgan fingerprint density at radius 1 is 1.38 bits per heavy atom. The number of hydrogen-bond donors (Lipinski definition) is 2. The first-order chi connectivity index (χ1) is 7.42. The van der Waals surface area contributed by atoms with Crippen LogP contribution in [-0.2, 0) is 5.60 Å². The van der Waals surface area contributed by atoms with E-state index in [2.05, 4.69) is 19.2 Å². The van der Waals surface area contributed by atoms with Crippen LogP contribution in [-0.4, -0.2) is 17.7 Å². The first-order valence-corrected chi connectivity index (χ1v) is 5.93. The molecule has 1 aromatic rings. The van der Waals surface area contributed by atoms with Crippen molar-refractivity contribution >= 4 is 0 Å². The summed E-state index contributed by atoms with van der Waals surface area (Å²) in [6, 6.07) is 10.4. The molecule has 0 spiro atoms. The van der Waals surface area contributed by atoms with Gasteiger partial charge in [-0.3, -0.25) is 0 Å². The number of aliphatic hydroxyl groups is 1. The maximum Gasteiger partial charge on any atom is 0.0992 e. The molecule has 0 aliphatic heterocycles. The lowest BCUT2D eigenvalue weighted by Crippen LogP contribution is -2.37. The molecular formula is C14H21NO. The van der Waals surface area contributed by atoms with Crippen LogP contribution in [0.25, 0.3) is 0 Å². The van der Waals surface area contributed by atoms with Crippen molar-refractivity contribution in [2.45, 2.75) is 38.8 Å². The molecule has 1 fully saturated rings. The summed E-state index contributed by atoms with van der Waals surface area (Å²) in [5.41, 5.74) is 0.605. The van der Waals surface area contributed by atoms with Gasteiger partial charge >= 0.3 is 0 Å². The molecule has 0 saturated heterocycles. The highest BCUT2D eigenvalue weighted by molar-refractivity contribution is 5.22. The molecule has 2 nitrogen and oxygen atoms in total. The zero-order valence-corrected chi connectivity index (χ0v) is 10.3. The lowest BCUT2D eigenvalue weighted by molar-refractivity contribution is 0.0558. The van der Waals surface area contributed by atoms with E-state index in [0.29, 0.717) is 18.0 Å². The van der Waals surface area contributed by atoms with E-state index in [1.807, 2.05) is 37.3 Å². The fourth-order valence-electron chi connectivity index (χ4n) is 2.04. The molecule has 1 aliphatic rings. The monoisotopic (exact) mass is 219 g/mol. The van der Waals surface area contributed by atoms with Crippen molar-refractivity contribution in [3.63, 3.8) is 0 Å². The zero-order valence-electron chi connectivity index (χ0n) is 10.3. The smallest absolute Gasteiger partial charge is 0.0992 e. The molecule has 16 heavy (non-hydrogen) atoms. The van der Waals surface area contributed by atoms with Crippen molar-refractivity contribution in [3.05, 3.63) is 35.9 Å². The van der Waals surface area contributed by atoms with E-state index in [-0.39, 0.29) is 0 Å². The van der Waals surface area contributed by atoms with E-state index in [0.717, 1.165) is 5.56 Å². The first-order valence-electron chi connectivity index (χ1n) is 5.93. The number of rotatable bonds is 4. The van der Waals surface area contributed by atoms with Crippen molar-refractivity contribution in [1.29, 1.82) is 0 Å². The van der Waals surface area contributed by atoms with Gasteiger partial charge in [0.15, 0.2) is 0 Å². The normalized spacial score (nSPS) is 26.1. The molecule has 0 bridgehead atoms. The lowest BCUT2D eigenvalue weighted by Gasteiger charge is -2.24. The standard InChI is InChI=1S/C14H21NO/c1-13(2)9-12(13)15-10-14(3,16)11-7-5-4-6-8-11/h4-8,12,15-16H,9-10H2,1-3H3. The van der Waals surface area contributed by atoms with Crippen molar-refractivity contribution in [2.24, 2.45) is 5.41 Å². The molecule has 0 heterocycles. The molecule has 88 valence electrons. The van der Waals surface area contributed by atoms with Crippen molar-refractivity contribution in [1.82, 2.24) is 5.32 Å². The Hall–Kier alpha value is -0.860. The third-order valence-electron chi connectivity index (χ3n) is 3.60. The van der Waals surface area contributed by atoms with Gasteiger partial charge in [0, 0.05) is 12.6 Å². The molecule has 2 unspecified atom stereocenters. The molecule has 2 heteroatoms. The minimum absolute atomic E-state index is 0.409. The fraction of sp³-hybridized carbons (Fsp3) is 0.571. The second kappa shape index (κ2) is 3.86. The molecule has 1 saturated carbocycles. The maximum absolute atomic E-state index is 10.4. The van der Waals surface area contributed by atoms with Crippen LogP contribution in [0.4, 0.5) is 0 Å². The van der Waals surface area contributed by atoms with Crippen LogP contribution in [0.3, 0.4) is 0 Å². The number of nitrogens with one attached hydrogen (secondary N) is 1. The third kappa shape index (κ3) is 2.45. The van der Waals surface area contributed by atoms with Gasteiger partial charge in [-0.1, -0.05) is 44.2 Å². The molecule has 2 rings (SSSR count). The van der Waals surface area contributed by atoms with Crippen molar-refractivity contribution < 1.29 is 5.11 Å². The maximum atomic E-state index is 10.4. The summed E-state index contributed by atoms with van der Waals surface area (Å²) >= 11 is 0. The summed E-state index contributed by atoms with van der Waals surface area (Å²) in [7, 11) is 0. The zero-order chi connectivity index (χ0) is 11.8. The number of benzene rings is 1. The van der Waals surface area contributed by atoms with Crippen LogP contribution in [0.2, 0.25) is 0 Å². The van der Waals surface area contributed by atoms with Gasteiger partial charge in [-0.25, -0.2) is 0 Å². The van der Waals surface area contributed by atoms with Crippen LogP contribution in [0, 0.1) is 5.41 Å². The molecule has 2 N–H and O–H groups in total. The minimum atomic E-state index is -0.778. The summed E-state index contributed by atoms with van der Waals surface area (Å²) in [5, 5.41) is 13.8. The van der Waals surface area contributed by atoms with E-state index in [1.54, 1.807) is 0 Å². The SMILES string of the molecule is CC(O)(CNC1CC1(C)C)c1ccccc1. The van der Waals surface area contributed by atoms with Crippen LogP contribution < -0.4 is 5.32 Å². The van der Waals surface area contributed by atoms with Gasteiger partial charge in [0.05, 0.1) is 5.60 Å². The predicted molar refractivity (Wildman–Crippen MR) is 66.2 cm³/mol. The van der Waals surface area contributed by atoms with Crippen LogP contribution >= 0.6 is 0 Å². The van der Waals surface area contributed by atoms with Crippen molar-refractivity contribution in [3.8, 4) is 0 Å². The summed E-state index contributed by atoms with van der Waals surface area (Å²) in [6.07, 6.45) is 1.21. The third-order valence-corrected chi connectivity index (χ3v) is 3.60. The van der Waals surface area contributed by atoms with Crippen LogP contribution in [0.5, 0.6) is 0 Å². The summed E-state index contributed by atoms with van der Waals surface area (Å²) in [6.45, 7) is 6.99. The van der Waals surface area contributed by atoms with Gasteiger partial charge in [-0.15, -0.1) is 0 Å². The molecular weight excluding hydrogens is 198 g/mol. The fourth-order valence-corrected chi connectivity index (χ4v) is 2.04. The van der Waals surface area contributed by atoms with E-state index >= 15 is 0 Å². The van der Waals surface area contributed by atoms with Crippen LogP contribution in [0.15, 0.2) is 30.3 Å². The highest BCUT2D eigenvalue weighted by Gasteiger charge is 2.45. The first kappa shape index (κ1) is 11.6. The van der Waals surface area contributed by atoms with Gasteiger partial charge in [0.2, 0.25) is 0 Å². The summed E-state index contributed by atoms with van der Waals surface area (Å²) in [5.74, 6) is 0. The van der Waals surface area contributed by atoms with Crippen molar-refractivity contribution in [2.75, 3.05) is 6.54 Å². The second-order valence-electron chi connectivity index (χ2n) is 5.77. The van der Waals surface area contributed by atoms with Gasteiger partial charge in [-0.05, 0) is 24.3 Å². The topological polar surface area (TPSA) is 32.3 Å². The van der Waals surface area contributed by atoms with E-state index in [1.165, 1.54) is 6.42 Å². The highest BCUT2D eigenvalue weighted by atomic mass is 16.3. The Kier molecular flexibility index (Phi) is 2.81. The van der Waals surface area contributed by atoms with E-state index in [4.69, 9.17) is 0 Å². The Morgan fingerprint density at radius 3 is 2.44 bits per heavy atom. The second-order valence-corrected chi connectivity index (χ2v) is 5.77. The Labute approximate surface area is 97.7 Å². The van der Waals surface area contributed by atoms with Gasteiger partial charge in [-0.2, -0.15) is 0 Å². The minimum Gasteiger partial charge on any atom is -0.384 e. The largest absolute Gasteiger partial charge is 0.384 e. The van der Waals surface area contributed by atoms with Crippen LogP contribution in [0.1, 0.15) is 32.8 Å². The van der Waals surface area contributed by atoms with Gasteiger partial charge < -0.3 is 10.4 Å². The quantitative estimate of drug-likeness (QED) is 0.814. The Morgan fingerprint density at radius 2 is 1.94 bits per heavy atom.